The van der Waals surface area contributed by atoms with Crippen molar-refractivity contribution in [1.82, 2.24) is 9.36 Å². The number of aromatic nitrogens is 2. The molecule has 1 unspecified atom stereocenters. The van der Waals surface area contributed by atoms with E-state index >= 15 is 0 Å². The van der Waals surface area contributed by atoms with Crippen molar-refractivity contribution >= 4 is 38.0 Å². The van der Waals surface area contributed by atoms with E-state index in [9.17, 15) is 22.0 Å². The summed E-state index contributed by atoms with van der Waals surface area (Å²) in [4.78, 5) is 16.9. The fourth-order valence-electron chi connectivity index (χ4n) is 3.43. The largest absolute Gasteiger partial charge is 0.297 e. The van der Waals surface area contributed by atoms with Crippen LogP contribution in [0, 0.1) is 5.92 Å². The lowest BCUT2D eigenvalue weighted by Gasteiger charge is -2.11. The van der Waals surface area contributed by atoms with Gasteiger partial charge in [0.2, 0.25) is 5.13 Å². The molecule has 4 rings (SSSR count). The summed E-state index contributed by atoms with van der Waals surface area (Å²) in [6.45, 7) is 0. The van der Waals surface area contributed by atoms with Gasteiger partial charge in [0.1, 0.15) is 18.7 Å². The highest BCUT2D eigenvalue weighted by Crippen LogP contribution is 2.36. The topological polar surface area (TPSA) is 89.0 Å². The average Bonchev–Trinajstić information content (AvgIpc) is 3.36. The molecule has 2 fully saturated rings. The summed E-state index contributed by atoms with van der Waals surface area (Å²) in [6, 6.07) is 6.05. The van der Waals surface area contributed by atoms with Gasteiger partial charge in [0.25, 0.3) is 5.91 Å². The molecule has 0 saturated heterocycles. The first-order valence-corrected chi connectivity index (χ1v) is 11.6. The number of anilines is 1. The van der Waals surface area contributed by atoms with Gasteiger partial charge in [-0.15, -0.1) is 0 Å². The predicted octanol–water partition coefficient (Wildman–Crippen LogP) is 3.58. The van der Waals surface area contributed by atoms with E-state index < -0.39 is 34.0 Å². The molecule has 6 nitrogen and oxygen atoms in total. The van der Waals surface area contributed by atoms with Crippen LogP contribution in [0.15, 0.2) is 41.6 Å². The van der Waals surface area contributed by atoms with Crippen molar-refractivity contribution in [3.8, 4) is 0 Å². The summed E-state index contributed by atoms with van der Waals surface area (Å²) in [5, 5.41) is 2.59. The van der Waals surface area contributed by atoms with Crippen LogP contribution in [-0.2, 0) is 14.6 Å². The van der Waals surface area contributed by atoms with E-state index in [0.29, 0.717) is 23.5 Å². The smallest absolute Gasteiger partial charge is 0.257 e. The monoisotopic (exact) mass is 439 g/mol. The highest BCUT2D eigenvalue weighted by Gasteiger charge is 2.37. The van der Waals surface area contributed by atoms with Crippen LogP contribution in [0.2, 0.25) is 0 Å². The predicted molar refractivity (Wildman–Crippen MR) is 106 cm³/mol. The molecule has 0 spiro atoms. The van der Waals surface area contributed by atoms with Crippen LogP contribution in [-0.4, -0.2) is 41.3 Å². The molecule has 1 aromatic heterocycles. The van der Waals surface area contributed by atoms with Gasteiger partial charge in [0, 0.05) is 17.1 Å². The Morgan fingerprint density at radius 3 is 2.34 bits per heavy atom. The van der Waals surface area contributed by atoms with Crippen LogP contribution in [0.25, 0.3) is 5.57 Å². The zero-order valence-electron chi connectivity index (χ0n) is 15.3. The molecule has 2 saturated carbocycles. The highest BCUT2D eigenvalue weighted by molar-refractivity contribution is 7.92. The number of nitrogens with zero attached hydrogens (tertiary/aromatic N) is 2. The van der Waals surface area contributed by atoms with Gasteiger partial charge in [-0.3, -0.25) is 10.1 Å². The van der Waals surface area contributed by atoms with E-state index in [-0.39, 0.29) is 28.6 Å². The Labute approximate surface area is 171 Å². The van der Waals surface area contributed by atoms with Crippen LogP contribution >= 0.6 is 11.5 Å². The number of halogens is 2. The summed E-state index contributed by atoms with van der Waals surface area (Å²) in [7, 11) is -3.34. The van der Waals surface area contributed by atoms with Gasteiger partial charge >= 0.3 is 0 Å². The molecule has 10 heteroatoms. The Hall–Kier alpha value is -2.20. The number of allylic oxidation sites excluding steroid dienone is 1. The Bertz CT molecular complexity index is 1010. The van der Waals surface area contributed by atoms with E-state index in [1.807, 2.05) is 0 Å². The van der Waals surface area contributed by atoms with Crippen molar-refractivity contribution in [3.05, 3.63) is 42.2 Å². The Morgan fingerprint density at radius 2 is 1.79 bits per heavy atom. The summed E-state index contributed by atoms with van der Waals surface area (Å²) in [5.41, 5.74) is 0.696. The van der Waals surface area contributed by atoms with Crippen molar-refractivity contribution < 1.29 is 22.0 Å². The van der Waals surface area contributed by atoms with Crippen LogP contribution in [0.1, 0.15) is 31.2 Å². The van der Waals surface area contributed by atoms with Gasteiger partial charge < -0.3 is 0 Å². The SMILES string of the molecule is O=C(Nc1ncns1)/C(=C/C1C[C@@H](F)[C@@H](F)C1)c1ccc(S(=O)(=O)C2CC2)cc1. The van der Waals surface area contributed by atoms with Gasteiger partial charge in [-0.1, -0.05) is 18.2 Å². The first kappa shape index (κ1) is 20.1. The molecule has 2 aliphatic carbocycles. The molecule has 29 heavy (non-hydrogen) atoms. The lowest BCUT2D eigenvalue weighted by Crippen LogP contribution is -2.15. The Balaban J connectivity index is 1.63. The van der Waals surface area contributed by atoms with E-state index in [0.717, 1.165) is 11.5 Å². The highest BCUT2D eigenvalue weighted by atomic mass is 32.2. The quantitative estimate of drug-likeness (QED) is 0.695. The number of carbonyl (C=O) groups excluding carboxylic acids is 1. The first-order chi connectivity index (χ1) is 13.8. The third kappa shape index (κ3) is 4.37. The van der Waals surface area contributed by atoms with Crippen LogP contribution in [0.4, 0.5) is 13.9 Å². The second-order valence-corrected chi connectivity index (χ2v) is 10.3. The van der Waals surface area contributed by atoms with Gasteiger partial charge in [-0.25, -0.2) is 22.2 Å². The third-order valence-electron chi connectivity index (χ3n) is 5.13. The normalized spacial score (nSPS) is 25.2. The minimum atomic E-state index is -3.34. The number of hydrogen-bond donors (Lipinski definition) is 1. The van der Waals surface area contributed by atoms with Crippen LogP contribution < -0.4 is 5.32 Å². The van der Waals surface area contributed by atoms with E-state index in [1.165, 1.54) is 18.5 Å². The number of amides is 1. The fraction of sp³-hybridized carbons (Fsp3) is 0.421. The van der Waals surface area contributed by atoms with Crippen molar-refractivity contribution in [2.45, 2.75) is 48.2 Å². The van der Waals surface area contributed by atoms with Gasteiger partial charge in [0.05, 0.1) is 10.1 Å². The second-order valence-electron chi connectivity index (χ2n) is 7.31. The second kappa shape index (κ2) is 7.91. The summed E-state index contributed by atoms with van der Waals surface area (Å²) in [5.74, 6) is -0.915. The first-order valence-electron chi connectivity index (χ1n) is 9.27. The standard InChI is InChI=1S/C19H19F2N3O3S2/c20-16-8-11(9-17(16)21)7-15(18(25)24-19-22-10-23-28-19)12-1-3-13(4-2-12)29(26,27)14-5-6-14/h1-4,7,10-11,14,16-17H,5-6,8-9H2,(H,22,23,24,25)/b15-7+/t11?,16-,17+. The van der Waals surface area contributed by atoms with Crippen LogP contribution in [0.3, 0.4) is 0 Å². The molecule has 0 radical (unpaired) electrons. The molecule has 1 N–H and O–H groups in total. The zero-order chi connectivity index (χ0) is 20.6. The number of hydrogen-bond acceptors (Lipinski definition) is 6. The van der Waals surface area contributed by atoms with Crippen molar-refractivity contribution in [2.24, 2.45) is 5.92 Å². The van der Waals surface area contributed by atoms with Gasteiger partial charge in [-0.2, -0.15) is 4.37 Å². The van der Waals surface area contributed by atoms with Gasteiger partial charge in [0.15, 0.2) is 9.84 Å². The zero-order valence-corrected chi connectivity index (χ0v) is 16.9. The minimum absolute atomic E-state index is 0.00486. The summed E-state index contributed by atoms with van der Waals surface area (Å²) >= 11 is 1.00. The Morgan fingerprint density at radius 1 is 1.14 bits per heavy atom. The number of sulfone groups is 1. The molecule has 3 atom stereocenters. The van der Waals surface area contributed by atoms with E-state index in [4.69, 9.17) is 0 Å². The summed E-state index contributed by atoms with van der Waals surface area (Å²) in [6.07, 6.45) is 1.11. The molecule has 2 aliphatic rings. The molecule has 1 heterocycles. The summed E-state index contributed by atoms with van der Waals surface area (Å²) < 4.78 is 55.8. The molecule has 0 bridgehead atoms. The maximum Gasteiger partial charge on any atom is 0.257 e. The number of carbonyl (C=O) groups is 1. The van der Waals surface area contributed by atoms with E-state index in [1.54, 1.807) is 18.2 Å². The van der Waals surface area contributed by atoms with Crippen molar-refractivity contribution in [2.75, 3.05) is 5.32 Å². The third-order valence-corrected chi connectivity index (χ3v) is 7.99. The number of alkyl halides is 2. The molecular formula is C19H19F2N3O3S2. The lowest BCUT2D eigenvalue weighted by molar-refractivity contribution is -0.111. The van der Waals surface area contributed by atoms with E-state index in [2.05, 4.69) is 14.7 Å². The molecular weight excluding hydrogens is 420 g/mol. The Kier molecular flexibility index (Phi) is 5.48. The minimum Gasteiger partial charge on any atom is -0.297 e. The molecule has 154 valence electrons. The number of rotatable bonds is 6. The molecule has 1 aromatic carbocycles. The number of benzene rings is 1. The molecule has 1 amide bonds. The van der Waals surface area contributed by atoms with Crippen LogP contribution in [0.5, 0.6) is 0 Å². The average molecular weight is 440 g/mol. The lowest BCUT2D eigenvalue weighted by atomic mass is 9.98. The van der Waals surface area contributed by atoms with Gasteiger partial charge in [-0.05, 0) is 49.3 Å². The number of nitrogens with one attached hydrogen (secondary N) is 1. The van der Waals surface area contributed by atoms with Crippen molar-refractivity contribution in [1.29, 1.82) is 0 Å². The molecule has 2 aromatic rings. The fourth-order valence-corrected chi connectivity index (χ4v) is 5.52. The maximum absolute atomic E-state index is 13.6. The molecule has 0 aliphatic heterocycles. The van der Waals surface area contributed by atoms with Crippen molar-refractivity contribution in [3.63, 3.8) is 0 Å². The maximum atomic E-state index is 13.6.